The molecular formula is C17H15N3O5. The molecule has 2 aromatic carbocycles. The lowest BCUT2D eigenvalue weighted by atomic mass is 10.1. The number of carbonyl (C=O) groups is 3. The number of carbonyl (C=O) groups excluding carboxylic acids is 3. The fourth-order valence-electron chi connectivity index (χ4n) is 2.42. The fraction of sp³-hybridized carbons (Fsp3) is 0.118. The van der Waals surface area contributed by atoms with E-state index in [1.165, 1.54) is 35.2 Å². The lowest BCUT2D eigenvalue weighted by Crippen LogP contribution is -2.28. The van der Waals surface area contributed by atoms with Crippen LogP contribution in [0.3, 0.4) is 0 Å². The number of benzene rings is 2. The first-order valence-electron chi connectivity index (χ1n) is 7.44. The highest BCUT2D eigenvalue weighted by atomic mass is 16.3. The van der Waals surface area contributed by atoms with Crippen LogP contribution in [-0.4, -0.2) is 34.6 Å². The summed E-state index contributed by atoms with van der Waals surface area (Å²) in [5.41, 5.74) is 1.35. The van der Waals surface area contributed by atoms with E-state index in [1.54, 1.807) is 12.1 Å². The lowest BCUT2D eigenvalue weighted by Gasteiger charge is -2.13. The van der Waals surface area contributed by atoms with Crippen LogP contribution < -0.4 is 15.5 Å². The lowest BCUT2D eigenvalue weighted by molar-refractivity contribution is -0.117. The van der Waals surface area contributed by atoms with Gasteiger partial charge in [-0.15, -0.1) is 0 Å². The number of rotatable bonds is 4. The number of urea groups is 1. The molecule has 25 heavy (non-hydrogen) atoms. The van der Waals surface area contributed by atoms with Gasteiger partial charge in [-0.3, -0.25) is 19.8 Å². The molecule has 0 spiro atoms. The standard InChI is InChI=1S/C17H15N3O5/c21-13-6-3-11(14(22)7-13)8-18-16(24)10-1-4-12(5-2-10)20-9-15(23)19-17(20)25/h1-7,21-22H,8-9H2,(H,18,24)(H,19,23,25). The molecule has 3 rings (SSSR count). The number of phenols is 2. The number of nitrogens with zero attached hydrogens (tertiary/aromatic N) is 1. The van der Waals surface area contributed by atoms with E-state index < -0.39 is 6.03 Å². The molecule has 0 bridgehead atoms. The molecule has 8 nitrogen and oxygen atoms in total. The molecule has 0 aromatic heterocycles. The maximum atomic E-state index is 12.2. The molecule has 1 saturated heterocycles. The molecule has 128 valence electrons. The van der Waals surface area contributed by atoms with Crippen molar-refractivity contribution in [2.24, 2.45) is 0 Å². The predicted molar refractivity (Wildman–Crippen MR) is 88.3 cm³/mol. The third-order valence-corrected chi connectivity index (χ3v) is 3.74. The Hall–Kier alpha value is -3.55. The van der Waals surface area contributed by atoms with Crippen molar-refractivity contribution < 1.29 is 24.6 Å². The van der Waals surface area contributed by atoms with Crippen molar-refractivity contribution in [1.82, 2.24) is 10.6 Å². The summed E-state index contributed by atoms with van der Waals surface area (Å²) in [6.45, 7) is 0.0419. The Morgan fingerprint density at radius 2 is 1.84 bits per heavy atom. The van der Waals surface area contributed by atoms with Crippen LogP contribution in [0.4, 0.5) is 10.5 Å². The van der Waals surface area contributed by atoms with Gasteiger partial charge < -0.3 is 15.5 Å². The summed E-state index contributed by atoms with van der Waals surface area (Å²) in [4.78, 5) is 36.2. The minimum absolute atomic E-state index is 0.0511. The Morgan fingerprint density at radius 3 is 2.44 bits per heavy atom. The summed E-state index contributed by atoms with van der Waals surface area (Å²) in [6.07, 6.45) is 0. The van der Waals surface area contributed by atoms with Crippen molar-refractivity contribution in [1.29, 1.82) is 0 Å². The maximum Gasteiger partial charge on any atom is 0.329 e. The molecule has 4 amide bonds. The van der Waals surface area contributed by atoms with E-state index >= 15 is 0 Å². The van der Waals surface area contributed by atoms with Crippen LogP contribution in [0.15, 0.2) is 42.5 Å². The number of phenolic OH excluding ortho intramolecular Hbond substituents is 2. The SMILES string of the molecule is O=C1CN(c2ccc(C(=O)NCc3ccc(O)cc3O)cc2)C(=O)N1. The van der Waals surface area contributed by atoms with Gasteiger partial charge in [0.15, 0.2) is 0 Å². The van der Waals surface area contributed by atoms with Crippen LogP contribution in [0.2, 0.25) is 0 Å². The first-order chi connectivity index (χ1) is 11.9. The van der Waals surface area contributed by atoms with Gasteiger partial charge in [-0.2, -0.15) is 0 Å². The van der Waals surface area contributed by atoms with Crippen LogP contribution in [0.5, 0.6) is 11.5 Å². The molecule has 1 aliphatic rings. The van der Waals surface area contributed by atoms with E-state index in [1.807, 2.05) is 0 Å². The average molecular weight is 341 g/mol. The van der Waals surface area contributed by atoms with E-state index in [0.717, 1.165) is 0 Å². The van der Waals surface area contributed by atoms with Gasteiger partial charge in [0.25, 0.3) is 5.91 Å². The average Bonchev–Trinajstić information content (AvgIpc) is 2.92. The maximum absolute atomic E-state index is 12.2. The minimum atomic E-state index is -0.495. The molecule has 0 saturated carbocycles. The topological polar surface area (TPSA) is 119 Å². The number of aromatic hydroxyl groups is 2. The highest BCUT2D eigenvalue weighted by Crippen LogP contribution is 2.22. The van der Waals surface area contributed by atoms with Gasteiger partial charge in [0.1, 0.15) is 18.0 Å². The van der Waals surface area contributed by atoms with Crippen LogP contribution in [-0.2, 0) is 11.3 Å². The molecule has 1 fully saturated rings. The molecule has 0 aliphatic carbocycles. The number of amides is 4. The highest BCUT2D eigenvalue weighted by molar-refractivity contribution is 6.12. The van der Waals surface area contributed by atoms with Crippen molar-refractivity contribution in [3.05, 3.63) is 53.6 Å². The normalized spacial score (nSPS) is 13.7. The van der Waals surface area contributed by atoms with Crippen molar-refractivity contribution in [3.8, 4) is 11.5 Å². The van der Waals surface area contributed by atoms with E-state index in [2.05, 4.69) is 10.6 Å². The molecule has 2 aromatic rings. The summed E-state index contributed by atoms with van der Waals surface area (Å²) >= 11 is 0. The fourth-order valence-corrected chi connectivity index (χ4v) is 2.42. The number of imide groups is 1. The van der Waals surface area contributed by atoms with Crippen LogP contribution in [0.1, 0.15) is 15.9 Å². The van der Waals surface area contributed by atoms with Gasteiger partial charge in [0.2, 0.25) is 5.91 Å². The van der Waals surface area contributed by atoms with E-state index in [4.69, 9.17) is 0 Å². The van der Waals surface area contributed by atoms with Crippen molar-refractivity contribution >= 4 is 23.5 Å². The second kappa shape index (κ2) is 6.52. The van der Waals surface area contributed by atoms with Gasteiger partial charge in [0.05, 0.1) is 0 Å². The Labute approximate surface area is 142 Å². The second-order valence-corrected chi connectivity index (χ2v) is 5.48. The van der Waals surface area contributed by atoms with Crippen LogP contribution in [0.25, 0.3) is 0 Å². The zero-order chi connectivity index (χ0) is 18.0. The summed E-state index contributed by atoms with van der Waals surface area (Å²) in [5, 5.41) is 23.8. The first-order valence-corrected chi connectivity index (χ1v) is 7.44. The zero-order valence-electron chi connectivity index (χ0n) is 13.0. The monoisotopic (exact) mass is 341 g/mol. The Morgan fingerprint density at radius 1 is 1.12 bits per heavy atom. The third-order valence-electron chi connectivity index (χ3n) is 3.74. The minimum Gasteiger partial charge on any atom is -0.508 e. The Bertz CT molecular complexity index is 848. The zero-order valence-corrected chi connectivity index (χ0v) is 13.0. The summed E-state index contributed by atoms with van der Waals surface area (Å²) < 4.78 is 0. The van der Waals surface area contributed by atoms with Crippen LogP contribution in [0, 0.1) is 0 Å². The summed E-state index contributed by atoms with van der Waals surface area (Å²) in [6, 6.07) is 9.85. The van der Waals surface area contributed by atoms with Gasteiger partial charge in [-0.05, 0) is 36.4 Å². The molecule has 8 heteroatoms. The summed E-state index contributed by atoms with van der Waals surface area (Å²) in [5.74, 6) is -0.908. The van der Waals surface area contributed by atoms with E-state index in [9.17, 15) is 24.6 Å². The largest absolute Gasteiger partial charge is 0.508 e. The number of hydrogen-bond acceptors (Lipinski definition) is 5. The molecule has 0 atom stereocenters. The quantitative estimate of drug-likeness (QED) is 0.621. The highest BCUT2D eigenvalue weighted by Gasteiger charge is 2.27. The van der Waals surface area contributed by atoms with E-state index in [0.29, 0.717) is 16.8 Å². The second-order valence-electron chi connectivity index (χ2n) is 5.48. The first kappa shape index (κ1) is 16.3. The van der Waals surface area contributed by atoms with Gasteiger partial charge >= 0.3 is 6.03 Å². The Kier molecular flexibility index (Phi) is 4.25. The van der Waals surface area contributed by atoms with Gasteiger partial charge in [0, 0.05) is 29.4 Å². The Balaban J connectivity index is 1.64. The number of hydrogen-bond donors (Lipinski definition) is 4. The van der Waals surface area contributed by atoms with Gasteiger partial charge in [-0.1, -0.05) is 0 Å². The molecular weight excluding hydrogens is 326 g/mol. The molecule has 1 heterocycles. The number of nitrogens with one attached hydrogen (secondary N) is 2. The smallest absolute Gasteiger partial charge is 0.329 e. The summed E-state index contributed by atoms with van der Waals surface area (Å²) in [7, 11) is 0. The van der Waals surface area contributed by atoms with E-state index in [-0.39, 0.29) is 36.4 Å². The molecule has 1 aliphatic heterocycles. The van der Waals surface area contributed by atoms with Crippen molar-refractivity contribution in [3.63, 3.8) is 0 Å². The third kappa shape index (κ3) is 3.52. The predicted octanol–water partition coefficient (Wildman–Crippen LogP) is 1.08. The van der Waals surface area contributed by atoms with Crippen LogP contribution >= 0.6 is 0 Å². The molecule has 0 radical (unpaired) electrons. The van der Waals surface area contributed by atoms with Crippen molar-refractivity contribution in [2.45, 2.75) is 6.54 Å². The molecule has 4 N–H and O–H groups in total. The number of anilines is 1. The molecule has 0 unspecified atom stereocenters. The van der Waals surface area contributed by atoms with Gasteiger partial charge in [-0.25, -0.2) is 4.79 Å². The van der Waals surface area contributed by atoms with Crippen molar-refractivity contribution in [2.75, 3.05) is 11.4 Å².